The summed E-state index contributed by atoms with van der Waals surface area (Å²) in [7, 11) is 3.27. The molecule has 31 heavy (non-hydrogen) atoms. The van der Waals surface area contributed by atoms with E-state index in [9.17, 15) is 4.79 Å². The summed E-state index contributed by atoms with van der Waals surface area (Å²) in [4.78, 5) is 13.8. The van der Waals surface area contributed by atoms with Crippen LogP contribution in [-0.4, -0.2) is 49.9 Å². The Bertz CT molecular complexity index is 911. The molecular formula is C26H35NO4. The maximum atomic E-state index is 11.5. The Balaban J connectivity index is 1.32. The molecule has 2 aromatic carbocycles. The molecule has 0 atom stereocenters. The van der Waals surface area contributed by atoms with Crippen LogP contribution in [0.1, 0.15) is 45.1 Å². The molecule has 0 N–H and O–H groups in total. The van der Waals surface area contributed by atoms with Crippen LogP contribution in [0.3, 0.4) is 0 Å². The minimum atomic E-state index is -0.0989. The number of ether oxygens (including phenoxy) is 3. The molecule has 0 amide bonds. The fraction of sp³-hybridized carbons (Fsp3) is 0.577. The second-order valence-electron chi connectivity index (χ2n) is 9.66. The number of methoxy groups -OCH3 is 2. The van der Waals surface area contributed by atoms with Crippen LogP contribution in [0.2, 0.25) is 0 Å². The highest BCUT2D eigenvalue weighted by Gasteiger charge is 2.34. The molecule has 0 bridgehead atoms. The molecule has 0 radical (unpaired) electrons. The van der Waals surface area contributed by atoms with Gasteiger partial charge in [0.25, 0.3) is 0 Å². The van der Waals surface area contributed by atoms with E-state index in [-0.39, 0.29) is 23.6 Å². The Morgan fingerprint density at radius 2 is 1.68 bits per heavy atom. The topological polar surface area (TPSA) is 48.0 Å². The van der Waals surface area contributed by atoms with Crippen LogP contribution < -0.4 is 4.74 Å². The lowest BCUT2D eigenvalue weighted by Crippen LogP contribution is -2.49. The lowest BCUT2D eigenvalue weighted by molar-refractivity contribution is -0.151. The van der Waals surface area contributed by atoms with Gasteiger partial charge in [0.2, 0.25) is 0 Å². The van der Waals surface area contributed by atoms with Crippen molar-refractivity contribution < 1.29 is 19.0 Å². The Morgan fingerprint density at radius 1 is 1.00 bits per heavy atom. The molecule has 5 nitrogen and oxygen atoms in total. The van der Waals surface area contributed by atoms with Crippen LogP contribution >= 0.6 is 0 Å². The molecular weight excluding hydrogens is 390 g/mol. The molecule has 2 aliphatic rings. The summed E-state index contributed by atoms with van der Waals surface area (Å²) in [6, 6.07) is 13.0. The number of likely N-dealkylation sites (tertiary alicyclic amines) is 1. The normalized spacial score (nSPS) is 22.8. The van der Waals surface area contributed by atoms with Gasteiger partial charge in [-0.15, -0.1) is 0 Å². The number of nitrogens with zero attached hydrogens (tertiary/aromatic N) is 1. The molecule has 4 rings (SSSR count). The van der Waals surface area contributed by atoms with E-state index in [1.54, 1.807) is 0 Å². The van der Waals surface area contributed by atoms with Crippen molar-refractivity contribution in [3.05, 3.63) is 42.0 Å². The monoisotopic (exact) mass is 425 g/mol. The Labute approximate surface area is 185 Å². The van der Waals surface area contributed by atoms with Crippen LogP contribution in [0, 0.1) is 11.8 Å². The summed E-state index contributed by atoms with van der Waals surface area (Å²) in [6.45, 7) is 6.80. The van der Waals surface area contributed by atoms with Crippen molar-refractivity contribution in [1.82, 2.24) is 4.90 Å². The van der Waals surface area contributed by atoms with Gasteiger partial charge in [-0.2, -0.15) is 0 Å². The van der Waals surface area contributed by atoms with E-state index in [2.05, 4.69) is 55.1 Å². The van der Waals surface area contributed by atoms with Gasteiger partial charge in [0.15, 0.2) is 0 Å². The SMILES string of the molecule is COC(=O)C1CN(Cc2ccc3cc(OC4CCC(C(C)(C)OC)CC4)ccc3c2)C1. The van der Waals surface area contributed by atoms with Gasteiger partial charge in [-0.25, -0.2) is 0 Å². The number of benzene rings is 2. The van der Waals surface area contributed by atoms with Crippen molar-refractivity contribution in [2.75, 3.05) is 27.3 Å². The molecule has 0 unspecified atom stereocenters. The largest absolute Gasteiger partial charge is 0.490 e. The molecule has 168 valence electrons. The van der Waals surface area contributed by atoms with Gasteiger partial charge in [-0.05, 0) is 80.0 Å². The molecule has 1 aliphatic carbocycles. The number of hydrogen-bond donors (Lipinski definition) is 0. The smallest absolute Gasteiger partial charge is 0.311 e. The third kappa shape index (κ3) is 5.04. The van der Waals surface area contributed by atoms with E-state index >= 15 is 0 Å². The zero-order chi connectivity index (χ0) is 22.0. The van der Waals surface area contributed by atoms with E-state index < -0.39 is 0 Å². The van der Waals surface area contributed by atoms with Gasteiger partial charge in [0, 0.05) is 26.7 Å². The summed E-state index contributed by atoms with van der Waals surface area (Å²) in [5.41, 5.74) is 1.21. The third-order valence-electron chi connectivity index (χ3n) is 7.26. The molecule has 1 saturated carbocycles. The van der Waals surface area contributed by atoms with Gasteiger partial charge in [-0.3, -0.25) is 9.69 Å². The number of fused-ring (bicyclic) bond motifs is 1. The lowest BCUT2D eigenvalue weighted by Gasteiger charge is -2.38. The van der Waals surface area contributed by atoms with Gasteiger partial charge < -0.3 is 14.2 Å². The molecule has 2 aromatic rings. The van der Waals surface area contributed by atoms with E-state index in [1.165, 1.54) is 23.4 Å². The van der Waals surface area contributed by atoms with Crippen molar-refractivity contribution in [2.24, 2.45) is 11.8 Å². The van der Waals surface area contributed by atoms with Crippen LogP contribution in [0.25, 0.3) is 10.8 Å². The van der Waals surface area contributed by atoms with Gasteiger partial charge in [-0.1, -0.05) is 18.2 Å². The highest BCUT2D eigenvalue weighted by molar-refractivity contribution is 5.84. The van der Waals surface area contributed by atoms with Crippen molar-refractivity contribution in [1.29, 1.82) is 0 Å². The minimum absolute atomic E-state index is 0.0285. The molecule has 1 heterocycles. The zero-order valence-electron chi connectivity index (χ0n) is 19.2. The Hall–Kier alpha value is -2.11. The molecule has 5 heteroatoms. The first-order chi connectivity index (χ1) is 14.9. The fourth-order valence-electron chi connectivity index (χ4n) is 4.95. The van der Waals surface area contributed by atoms with E-state index in [0.717, 1.165) is 51.1 Å². The zero-order valence-corrected chi connectivity index (χ0v) is 19.2. The van der Waals surface area contributed by atoms with Gasteiger partial charge >= 0.3 is 5.97 Å². The summed E-state index contributed by atoms with van der Waals surface area (Å²) < 4.78 is 16.8. The Morgan fingerprint density at radius 3 is 2.35 bits per heavy atom. The number of carbonyl (C=O) groups excluding carboxylic acids is 1. The van der Waals surface area contributed by atoms with E-state index in [4.69, 9.17) is 14.2 Å². The van der Waals surface area contributed by atoms with Crippen molar-refractivity contribution >= 4 is 16.7 Å². The van der Waals surface area contributed by atoms with E-state index in [1.807, 2.05) is 7.11 Å². The van der Waals surface area contributed by atoms with Gasteiger partial charge in [0.1, 0.15) is 5.75 Å². The first-order valence-electron chi connectivity index (χ1n) is 11.4. The second-order valence-corrected chi connectivity index (χ2v) is 9.66. The summed E-state index contributed by atoms with van der Waals surface area (Å²) in [5.74, 6) is 1.49. The highest BCUT2D eigenvalue weighted by Crippen LogP contribution is 2.36. The summed E-state index contributed by atoms with van der Waals surface area (Å²) >= 11 is 0. The first kappa shape index (κ1) is 22.1. The standard InChI is InChI=1S/C26H35NO4/c1-26(2,30-4)22-8-11-23(12-9-22)31-24-10-7-19-13-18(5-6-20(19)14-24)15-27-16-21(17-27)25(28)29-3/h5-7,10,13-14,21-23H,8-9,11-12,15-17H2,1-4H3. The van der Waals surface area contributed by atoms with Crippen molar-refractivity contribution in [3.63, 3.8) is 0 Å². The molecule has 1 saturated heterocycles. The Kier molecular flexibility index (Phi) is 6.54. The number of esters is 1. The van der Waals surface area contributed by atoms with Crippen LogP contribution in [-0.2, 0) is 20.8 Å². The molecule has 0 spiro atoms. The highest BCUT2D eigenvalue weighted by atomic mass is 16.5. The summed E-state index contributed by atoms with van der Waals surface area (Å²) in [5, 5.41) is 2.42. The quantitative estimate of drug-likeness (QED) is 0.596. The molecule has 1 aliphatic heterocycles. The van der Waals surface area contributed by atoms with Gasteiger partial charge in [0.05, 0.1) is 24.7 Å². The lowest BCUT2D eigenvalue weighted by atomic mass is 9.78. The van der Waals surface area contributed by atoms with Crippen LogP contribution in [0.4, 0.5) is 0 Å². The summed E-state index contributed by atoms with van der Waals surface area (Å²) in [6.07, 6.45) is 4.74. The minimum Gasteiger partial charge on any atom is -0.490 e. The predicted molar refractivity (Wildman–Crippen MR) is 122 cm³/mol. The number of hydrogen-bond acceptors (Lipinski definition) is 5. The average Bonchev–Trinajstić information content (AvgIpc) is 2.76. The van der Waals surface area contributed by atoms with Crippen molar-refractivity contribution in [3.8, 4) is 5.75 Å². The second kappa shape index (κ2) is 9.17. The first-order valence-corrected chi connectivity index (χ1v) is 11.4. The number of carbonyl (C=O) groups is 1. The predicted octanol–water partition coefficient (Wildman–Crippen LogP) is 4.81. The molecule has 0 aromatic heterocycles. The maximum absolute atomic E-state index is 11.5. The van der Waals surface area contributed by atoms with Crippen LogP contribution in [0.5, 0.6) is 5.75 Å². The van der Waals surface area contributed by atoms with Crippen LogP contribution in [0.15, 0.2) is 36.4 Å². The maximum Gasteiger partial charge on any atom is 0.311 e. The van der Waals surface area contributed by atoms with Crippen molar-refractivity contribution in [2.45, 2.75) is 57.8 Å². The average molecular weight is 426 g/mol. The fourth-order valence-corrected chi connectivity index (χ4v) is 4.95. The number of rotatable bonds is 7. The van der Waals surface area contributed by atoms with E-state index in [0.29, 0.717) is 5.92 Å². The third-order valence-corrected chi connectivity index (χ3v) is 7.26. The molecule has 2 fully saturated rings.